The second kappa shape index (κ2) is 8.85. The van der Waals surface area contributed by atoms with E-state index in [0.717, 1.165) is 6.92 Å². The van der Waals surface area contributed by atoms with Crippen molar-refractivity contribution in [3.63, 3.8) is 0 Å². The molecule has 20 heteroatoms. The predicted octanol–water partition coefficient (Wildman–Crippen LogP) is 3.66. The van der Waals surface area contributed by atoms with Gasteiger partial charge in [-0.15, -0.1) is 0 Å². The number of halogens is 13. The number of hydrogen-bond donors (Lipinski definition) is 1. The molecule has 0 aromatic rings. The molecule has 40 heavy (non-hydrogen) atoms. The Kier molecular flexibility index (Phi) is 7.39. The molecule has 2 saturated carbocycles. The quantitative estimate of drug-likeness (QED) is 0.202. The molecular formula is C20H17F13O7. The van der Waals surface area contributed by atoms with Crippen molar-refractivity contribution in [1.29, 1.82) is 0 Å². The summed E-state index contributed by atoms with van der Waals surface area (Å²) < 4.78 is 206. The van der Waals surface area contributed by atoms with Gasteiger partial charge in [-0.1, -0.05) is 6.58 Å². The highest BCUT2D eigenvalue weighted by atomic mass is 19.3. The molecule has 2 bridgehead atoms. The van der Waals surface area contributed by atoms with Crippen LogP contribution in [-0.2, 0) is 28.6 Å². The van der Waals surface area contributed by atoms with Crippen LogP contribution in [0.4, 0.5) is 57.1 Å². The first kappa shape index (κ1) is 33.4. The van der Waals surface area contributed by atoms with Crippen LogP contribution in [0, 0.1) is 0 Å². The van der Waals surface area contributed by atoms with Crippen LogP contribution >= 0.6 is 0 Å². The largest absolute Gasteiger partial charge is 0.451 e. The Labute approximate surface area is 214 Å². The zero-order chi connectivity index (χ0) is 31.9. The summed E-state index contributed by atoms with van der Waals surface area (Å²) in [7, 11) is 0. The molecule has 2 rings (SSSR count). The highest BCUT2D eigenvalue weighted by Crippen LogP contribution is 2.80. The number of rotatable bonds is 7. The summed E-state index contributed by atoms with van der Waals surface area (Å²) in [4.78, 5) is 34.7. The van der Waals surface area contributed by atoms with Gasteiger partial charge in [-0.25, -0.2) is 36.3 Å². The third-order valence-electron chi connectivity index (χ3n) is 6.79. The summed E-state index contributed by atoms with van der Waals surface area (Å²) in [6.07, 6.45) is -5.84. The third-order valence-corrected chi connectivity index (χ3v) is 6.79. The molecule has 2 aliphatic carbocycles. The first-order chi connectivity index (χ1) is 17.6. The molecule has 0 spiro atoms. The van der Waals surface area contributed by atoms with Crippen molar-refractivity contribution < 1.29 is 90.8 Å². The number of esters is 3. The smallest absolute Gasteiger partial charge is 0.345 e. The van der Waals surface area contributed by atoms with E-state index >= 15 is 39.5 Å². The summed E-state index contributed by atoms with van der Waals surface area (Å²) in [6.45, 7) is -1.93. The Morgan fingerprint density at radius 3 is 1.62 bits per heavy atom. The second-order valence-corrected chi connectivity index (χ2v) is 9.22. The number of carbonyl (C=O) groups excluding carboxylic acids is 3. The molecular weight excluding hydrogens is 599 g/mol. The van der Waals surface area contributed by atoms with Gasteiger partial charge < -0.3 is 19.3 Å². The zero-order valence-electron chi connectivity index (χ0n) is 20.0. The molecule has 2 aliphatic rings. The van der Waals surface area contributed by atoms with Gasteiger partial charge in [0, 0.05) is 5.57 Å². The van der Waals surface area contributed by atoms with E-state index in [0.29, 0.717) is 0 Å². The molecule has 230 valence electrons. The molecule has 0 heterocycles. The maximum Gasteiger partial charge on any atom is 0.345 e. The van der Waals surface area contributed by atoms with Crippen LogP contribution in [0.2, 0.25) is 0 Å². The zero-order valence-corrected chi connectivity index (χ0v) is 20.0. The summed E-state index contributed by atoms with van der Waals surface area (Å²) in [5.74, 6) is -35.5. The first-order valence-corrected chi connectivity index (χ1v) is 10.3. The Morgan fingerprint density at radius 1 is 0.750 bits per heavy atom. The lowest BCUT2D eigenvalue weighted by atomic mass is 9.46. The van der Waals surface area contributed by atoms with Gasteiger partial charge in [0.05, 0.1) is 0 Å². The molecule has 5 unspecified atom stereocenters. The lowest BCUT2D eigenvalue weighted by Crippen LogP contribution is -3.02. The maximum atomic E-state index is 15.6. The minimum Gasteiger partial charge on any atom is -0.451 e. The predicted molar refractivity (Wildman–Crippen MR) is 99.2 cm³/mol. The second-order valence-electron chi connectivity index (χ2n) is 9.22. The number of fused-ring (bicyclic) bond motifs is 2. The number of hydrogen-bond acceptors (Lipinski definition) is 7. The van der Waals surface area contributed by atoms with Crippen LogP contribution in [0.25, 0.3) is 0 Å². The van der Waals surface area contributed by atoms with Crippen molar-refractivity contribution in [3.8, 4) is 0 Å². The molecule has 5 atom stereocenters. The number of carbonyl (C=O) groups is 3. The highest BCUT2D eigenvalue weighted by Gasteiger charge is 3.12. The summed E-state index contributed by atoms with van der Waals surface area (Å²) in [5, 5.41) is 9.75. The lowest BCUT2D eigenvalue weighted by molar-refractivity contribution is -0.543. The van der Waals surface area contributed by atoms with Gasteiger partial charge in [0.15, 0.2) is 24.5 Å². The average molecular weight is 616 g/mol. The minimum atomic E-state index is -7.53. The van der Waals surface area contributed by atoms with E-state index in [1.54, 1.807) is 0 Å². The molecule has 0 radical (unpaired) electrons. The molecule has 2 fully saturated rings. The molecule has 0 amide bonds. The van der Waals surface area contributed by atoms with Crippen LogP contribution in [-0.4, -0.2) is 94.6 Å². The van der Waals surface area contributed by atoms with E-state index in [9.17, 15) is 37.1 Å². The number of alkyl halides is 13. The fourth-order valence-corrected chi connectivity index (χ4v) is 4.46. The fourth-order valence-electron chi connectivity index (χ4n) is 4.46. The fraction of sp³-hybridized carbons (Fsp3) is 0.750. The first-order valence-electron chi connectivity index (χ1n) is 10.3. The van der Waals surface area contributed by atoms with E-state index in [2.05, 4.69) is 20.8 Å². The molecule has 0 aromatic heterocycles. The Morgan fingerprint density at radius 2 is 1.20 bits per heavy atom. The van der Waals surface area contributed by atoms with Crippen molar-refractivity contribution in [1.82, 2.24) is 0 Å². The molecule has 0 aromatic carbocycles. The topological polar surface area (TPSA) is 99.1 Å². The van der Waals surface area contributed by atoms with Crippen molar-refractivity contribution in [2.24, 2.45) is 0 Å². The Hall–Kier alpha value is -2.80. The molecule has 0 aliphatic heterocycles. The van der Waals surface area contributed by atoms with Gasteiger partial charge >= 0.3 is 47.2 Å². The minimum absolute atomic E-state index is 0.320. The summed E-state index contributed by atoms with van der Waals surface area (Å²) in [5.41, 5.74) is -34.1. The maximum absolute atomic E-state index is 15.6. The van der Waals surface area contributed by atoms with Crippen LogP contribution in [0.1, 0.15) is 20.8 Å². The van der Waals surface area contributed by atoms with E-state index in [1.165, 1.54) is 0 Å². The van der Waals surface area contributed by atoms with Crippen LogP contribution in [0.3, 0.4) is 0 Å². The Balaban J connectivity index is 2.78. The van der Waals surface area contributed by atoms with Gasteiger partial charge in [0.2, 0.25) is 0 Å². The van der Waals surface area contributed by atoms with E-state index in [-0.39, 0.29) is 5.57 Å². The van der Waals surface area contributed by atoms with Crippen LogP contribution in [0.15, 0.2) is 12.2 Å². The molecule has 0 saturated heterocycles. The van der Waals surface area contributed by atoms with Gasteiger partial charge in [-0.05, 0) is 20.8 Å². The van der Waals surface area contributed by atoms with Gasteiger partial charge in [-0.3, -0.25) is 0 Å². The van der Waals surface area contributed by atoms with E-state index in [1.807, 2.05) is 0 Å². The van der Waals surface area contributed by atoms with Gasteiger partial charge in [0.1, 0.15) is 0 Å². The monoisotopic (exact) mass is 616 g/mol. The number of ether oxygens (including phenoxy) is 3. The van der Waals surface area contributed by atoms with Crippen molar-refractivity contribution >= 4 is 17.9 Å². The van der Waals surface area contributed by atoms with E-state index in [4.69, 9.17) is 0 Å². The number of aliphatic hydroxyl groups is 1. The molecule has 7 nitrogen and oxygen atoms in total. The lowest BCUT2D eigenvalue weighted by Gasteiger charge is -2.69. The highest BCUT2D eigenvalue weighted by molar-refractivity contribution is 5.88. The van der Waals surface area contributed by atoms with Crippen molar-refractivity contribution in [2.75, 3.05) is 13.2 Å². The van der Waals surface area contributed by atoms with Crippen molar-refractivity contribution in [2.45, 2.75) is 79.1 Å². The van der Waals surface area contributed by atoms with Crippen LogP contribution in [0.5, 0.6) is 0 Å². The summed E-state index contributed by atoms with van der Waals surface area (Å²) in [6, 6.07) is 0. The molecule has 1 N–H and O–H groups in total. The Bertz CT molecular complexity index is 1110. The normalized spacial score (nSPS) is 38.8. The standard InChI is InChI=1S/C20H17F13O7/c1-7(2)10(36)39-5-8(34)38-6-9(35)40-16-18(28,29)13(4,37)17(26,27)15(25,20(16,32)33)12(3,23)14(24,11(21)22)19(16,30)31/h11,37H,1,5-6H2,2-4H3. The third kappa shape index (κ3) is 3.27. The van der Waals surface area contributed by atoms with Crippen molar-refractivity contribution in [3.05, 3.63) is 12.2 Å². The van der Waals surface area contributed by atoms with Gasteiger partial charge in [0.25, 0.3) is 17.8 Å². The average Bonchev–Trinajstić information content (AvgIpc) is 2.80. The van der Waals surface area contributed by atoms with E-state index < -0.39 is 103 Å². The van der Waals surface area contributed by atoms with Crippen LogP contribution < -0.4 is 0 Å². The SMILES string of the molecule is C=C(C)C(=O)OCC(=O)OCC(=O)OC12C(F)(F)C(C)(O)C(F)(F)C(F)(C(C)(F)C(F)(C(F)F)C1(F)F)C2(F)F. The summed E-state index contributed by atoms with van der Waals surface area (Å²) >= 11 is 0. The van der Waals surface area contributed by atoms with Gasteiger partial charge in [-0.2, -0.15) is 35.1 Å².